The molecule has 3 heterocycles. The maximum absolute atomic E-state index is 12.9. The lowest BCUT2D eigenvalue weighted by Crippen LogP contribution is -2.51. The summed E-state index contributed by atoms with van der Waals surface area (Å²) < 4.78 is 27.4. The van der Waals surface area contributed by atoms with Crippen molar-refractivity contribution in [1.29, 1.82) is 0 Å². The van der Waals surface area contributed by atoms with Crippen LogP contribution in [0.25, 0.3) is 0 Å². The van der Waals surface area contributed by atoms with E-state index in [1.807, 2.05) is 23.1 Å². The van der Waals surface area contributed by atoms with Gasteiger partial charge in [0.05, 0.1) is 6.10 Å². The van der Waals surface area contributed by atoms with E-state index in [2.05, 4.69) is 17.1 Å². The molecule has 7 heteroatoms. The third-order valence-corrected chi connectivity index (χ3v) is 7.37. The predicted molar refractivity (Wildman–Crippen MR) is 104 cm³/mol. The standard InChI is InChI=1S/C20H25N3O3S/c24-18-14-22(15-18)20-7-6-19(13-21-20)27(25,26)23-10-8-17(9-11-23)12-16-4-2-1-3-5-16/h1-7,13,17-18,24H,8-12,14-15H2. The van der Waals surface area contributed by atoms with Crippen molar-refractivity contribution in [3.8, 4) is 0 Å². The molecule has 0 bridgehead atoms. The zero-order valence-corrected chi connectivity index (χ0v) is 16.1. The number of β-amino-alcohol motifs (C(OH)–C–C–N with tert-alkyl or cyclic N) is 1. The third kappa shape index (κ3) is 4.00. The van der Waals surface area contributed by atoms with Crippen molar-refractivity contribution >= 4 is 15.8 Å². The van der Waals surface area contributed by atoms with Gasteiger partial charge in [-0.05, 0) is 42.9 Å². The number of sulfonamides is 1. The normalized spacial score (nSPS) is 19.8. The third-order valence-electron chi connectivity index (χ3n) is 5.49. The van der Waals surface area contributed by atoms with Crippen molar-refractivity contribution in [2.24, 2.45) is 5.92 Å². The minimum absolute atomic E-state index is 0.244. The van der Waals surface area contributed by atoms with E-state index in [1.54, 1.807) is 16.4 Å². The van der Waals surface area contributed by atoms with Gasteiger partial charge in [-0.2, -0.15) is 4.31 Å². The van der Waals surface area contributed by atoms with Crippen LogP contribution in [0.4, 0.5) is 5.82 Å². The molecule has 2 aliphatic rings. The Kier molecular flexibility index (Phi) is 5.16. The van der Waals surface area contributed by atoms with Crippen LogP contribution < -0.4 is 4.90 Å². The van der Waals surface area contributed by atoms with E-state index < -0.39 is 10.0 Å². The summed E-state index contributed by atoms with van der Waals surface area (Å²) in [7, 11) is -3.50. The number of anilines is 1. The number of aromatic nitrogens is 1. The van der Waals surface area contributed by atoms with Gasteiger partial charge in [-0.15, -0.1) is 0 Å². The largest absolute Gasteiger partial charge is 0.389 e. The second kappa shape index (κ2) is 7.58. The molecular formula is C20H25N3O3S. The van der Waals surface area contributed by atoms with E-state index in [1.165, 1.54) is 11.8 Å². The fourth-order valence-electron chi connectivity index (χ4n) is 3.80. The maximum atomic E-state index is 12.9. The molecule has 4 rings (SSSR count). The molecule has 1 N–H and O–H groups in total. The second-order valence-electron chi connectivity index (χ2n) is 7.45. The molecule has 1 aromatic carbocycles. The Bertz CT molecular complexity index is 857. The van der Waals surface area contributed by atoms with Gasteiger partial charge in [0.25, 0.3) is 0 Å². The van der Waals surface area contributed by atoms with Crippen molar-refractivity contribution in [3.05, 3.63) is 54.2 Å². The molecule has 1 aromatic heterocycles. The first-order chi connectivity index (χ1) is 13.0. The number of piperidine rings is 1. The topological polar surface area (TPSA) is 73.7 Å². The van der Waals surface area contributed by atoms with Crippen LogP contribution >= 0.6 is 0 Å². The highest BCUT2D eigenvalue weighted by Crippen LogP contribution is 2.27. The van der Waals surface area contributed by atoms with Gasteiger partial charge >= 0.3 is 0 Å². The molecule has 0 amide bonds. The molecule has 2 saturated heterocycles. The number of hydrogen-bond acceptors (Lipinski definition) is 5. The lowest BCUT2D eigenvalue weighted by molar-refractivity contribution is 0.141. The average Bonchev–Trinajstić information content (AvgIpc) is 2.67. The number of benzene rings is 1. The summed E-state index contributed by atoms with van der Waals surface area (Å²) >= 11 is 0. The molecule has 6 nitrogen and oxygen atoms in total. The Balaban J connectivity index is 1.37. The van der Waals surface area contributed by atoms with Crippen LogP contribution in [-0.2, 0) is 16.4 Å². The van der Waals surface area contributed by atoms with E-state index in [0.717, 1.165) is 19.3 Å². The molecule has 0 aliphatic carbocycles. The highest BCUT2D eigenvalue weighted by atomic mass is 32.2. The SMILES string of the molecule is O=S(=O)(c1ccc(N2CC(O)C2)nc1)N1CCC(Cc2ccccc2)CC1. The summed E-state index contributed by atoms with van der Waals surface area (Å²) in [6.07, 6.45) is 3.89. The molecule has 144 valence electrons. The van der Waals surface area contributed by atoms with Gasteiger partial charge < -0.3 is 10.0 Å². The fourth-order valence-corrected chi connectivity index (χ4v) is 5.22. The zero-order chi connectivity index (χ0) is 18.9. The van der Waals surface area contributed by atoms with E-state index in [4.69, 9.17) is 0 Å². The number of hydrogen-bond donors (Lipinski definition) is 1. The van der Waals surface area contributed by atoms with E-state index >= 15 is 0 Å². The Morgan fingerprint density at radius 2 is 1.74 bits per heavy atom. The quantitative estimate of drug-likeness (QED) is 0.848. The smallest absolute Gasteiger partial charge is 0.244 e. The Morgan fingerprint density at radius 3 is 2.33 bits per heavy atom. The van der Waals surface area contributed by atoms with Gasteiger partial charge in [0, 0.05) is 32.4 Å². The van der Waals surface area contributed by atoms with Crippen LogP contribution in [0.2, 0.25) is 0 Å². The number of nitrogens with zero attached hydrogens (tertiary/aromatic N) is 3. The van der Waals surface area contributed by atoms with Gasteiger partial charge in [0.2, 0.25) is 10.0 Å². The summed E-state index contributed by atoms with van der Waals surface area (Å²) in [5, 5.41) is 9.38. The second-order valence-corrected chi connectivity index (χ2v) is 9.39. The summed E-state index contributed by atoms with van der Waals surface area (Å²) in [5.41, 5.74) is 1.31. The molecule has 0 spiro atoms. The molecule has 0 saturated carbocycles. The first-order valence-corrected chi connectivity index (χ1v) is 10.9. The van der Waals surface area contributed by atoms with Gasteiger partial charge in [0.15, 0.2) is 0 Å². The molecule has 0 atom stereocenters. The van der Waals surface area contributed by atoms with Crippen molar-refractivity contribution < 1.29 is 13.5 Å². The fraction of sp³-hybridized carbons (Fsp3) is 0.450. The minimum Gasteiger partial charge on any atom is -0.389 e. The summed E-state index contributed by atoms with van der Waals surface area (Å²) in [4.78, 5) is 6.45. The monoisotopic (exact) mass is 387 g/mol. The molecule has 2 aliphatic heterocycles. The average molecular weight is 388 g/mol. The lowest BCUT2D eigenvalue weighted by Gasteiger charge is -2.36. The van der Waals surface area contributed by atoms with E-state index in [9.17, 15) is 13.5 Å². The van der Waals surface area contributed by atoms with Crippen LogP contribution in [0.3, 0.4) is 0 Å². The van der Waals surface area contributed by atoms with Crippen molar-refractivity contribution in [2.75, 3.05) is 31.1 Å². The minimum atomic E-state index is -3.50. The van der Waals surface area contributed by atoms with Gasteiger partial charge in [0.1, 0.15) is 10.7 Å². The van der Waals surface area contributed by atoms with Crippen LogP contribution in [0.5, 0.6) is 0 Å². The van der Waals surface area contributed by atoms with Crippen LogP contribution in [-0.4, -0.2) is 55.1 Å². The summed E-state index contributed by atoms with van der Waals surface area (Å²) in [6.45, 7) is 2.21. The Hall–Kier alpha value is -1.96. The summed E-state index contributed by atoms with van der Waals surface area (Å²) in [6, 6.07) is 13.7. The van der Waals surface area contributed by atoms with Gasteiger partial charge in [-0.25, -0.2) is 13.4 Å². The Morgan fingerprint density at radius 1 is 1.04 bits per heavy atom. The van der Waals surface area contributed by atoms with Crippen molar-refractivity contribution in [1.82, 2.24) is 9.29 Å². The van der Waals surface area contributed by atoms with Crippen LogP contribution in [0.1, 0.15) is 18.4 Å². The number of aliphatic hydroxyl groups is 1. The molecule has 27 heavy (non-hydrogen) atoms. The lowest BCUT2D eigenvalue weighted by atomic mass is 9.91. The molecule has 2 fully saturated rings. The van der Waals surface area contributed by atoms with Crippen LogP contribution in [0, 0.1) is 5.92 Å². The van der Waals surface area contributed by atoms with Gasteiger partial charge in [-0.3, -0.25) is 0 Å². The molecule has 0 unspecified atom stereocenters. The van der Waals surface area contributed by atoms with Crippen molar-refractivity contribution in [3.63, 3.8) is 0 Å². The molecular weight excluding hydrogens is 362 g/mol. The first-order valence-electron chi connectivity index (χ1n) is 9.45. The number of rotatable bonds is 5. The van der Waals surface area contributed by atoms with Gasteiger partial charge in [-0.1, -0.05) is 30.3 Å². The van der Waals surface area contributed by atoms with Crippen molar-refractivity contribution in [2.45, 2.75) is 30.3 Å². The Labute approximate surface area is 160 Å². The van der Waals surface area contributed by atoms with E-state index in [-0.39, 0.29) is 11.0 Å². The highest BCUT2D eigenvalue weighted by molar-refractivity contribution is 7.89. The molecule has 2 aromatic rings. The van der Waals surface area contributed by atoms with Crippen LogP contribution in [0.15, 0.2) is 53.6 Å². The molecule has 0 radical (unpaired) electrons. The number of pyridine rings is 1. The zero-order valence-electron chi connectivity index (χ0n) is 15.2. The maximum Gasteiger partial charge on any atom is 0.244 e. The highest BCUT2D eigenvalue weighted by Gasteiger charge is 2.30. The predicted octanol–water partition coefficient (Wildman–Crippen LogP) is 1.91. The summed E-state index contributed by atoms with van der Waals surface area (Å²) in [5.74, 6) is 1.23. The van der Waals surface area contributed by atoms with E-state index in [0.29, 0.717) is 37.9 Å². The number of aliphatic hydroxyl groups excluding tert-OH is 1. The first kappa shape index (κ1) is 18.4.